The number of nitrogens with zero attached hydrogens (tertiary/aromatic N) is 1. The van der Waals surface area contributed by atoms with Crippen molar-refractivity contribution in [1.82, 2.24) is 4.98 Å². The second kappa shape index (κ2) is 11.7. The number of fused-ring (bicyclic) bond motifs is 1. The molecular weight excluding hydrogens is 412 g/mol. The van der Waals surface area contributed by atoms with Gasteiger partial charge in [0.25, 0.3) is 0 Å². The van der Waals surface area contributed by atoms with Gasteiger partial charge in [-0.1, -0.05) is 38.0 Å². The van der Waals surface area contributed by atoms with Gasteiger partial charge in [0.1, 0.15) is 29.5 Å². The average molecular weight is 442 g/mol. The molecule has 0 saturated heterocycles. The number of para-hydroxylation sites is 1. The fourth-order valence-corrected chi connectivity index (χ4v) is 3.74. The summed E-state index contributed by atoms with van der Waals surface area (Å²) in [6.07, 6.45) is 6.64. The number of aromatic nitrogens is 1. The smallest absolute Gasteiger partial charge is 0.164 e. The predicted molar refractivity (Wildman–Crippen MR) is 121 cm³/mol. The number of hydrogen-bond donors (Lipinski definition) is 1. The van der Waals surface area contributed by atoms with E-state index in [1.165, 1.54) is 24.4 Å². The first-order chi connectivity index (χ1) is 15.5. The van der Waals surface area contributed by atoms with Gasteiger partial charge < -0.3 is 9.84 Å². The standard InChI is InChI=1S/C26H29F2NO3/c1-2-3-7-18(16-30)8-4-12-24(31)20-14-19-9-5-13-25(26(19)29-15-20)32-17-21-22(27)10-6-11-23(21)28/h5-6,9-11,13-15,18,30H,2-4,7-8,12,16-17H2,1H3. The lowest BCUT2D eigenvalue weighted by Gasteiger charge is -2.13. The second-order valence-corrected chi connectivity index (χ2v) is 8.05. The number of unbranched alkanes of at least 4 members (excludes halogenated alkanes) is 1. The van der Waals surface area contributed by atoms with Crippen molar-refractivity contribution in [3.63, 3.8) is 0 Å². The normalized spacial score (nSPS) is 12.1. The first kappa shape index (κ1) is 23.8. The number of benzene rings is 2. The highest BCUT2D eigenvalue weighted by molar-refractivity contribution is 5.99. The summed E-state index contributed by atoms with van der Waals surface area (Å²) in [5, 5.41) is 10.2. The molecule has 32 heavy (non-hydrogen) atoms. The van der Waals surface area contributed by atoms with Crippen molar-refractivity contribution in [2.24, 2.45) is 5.92 Å². The molecule has 0 spiro atoms. The Bertz CT molecular complexity index is 1030. The maximum Gasteiger partial charge on any atom is 0.164 e. The van der Waals surface area contributed by atoms with Crippen LogP contribution in [0.4, 0.5) is 8.78 Å². The van der Waals surface area contributed by atoms with Gasteiger partial charge in [0.05, 0.1) is 5.56 Å². The zero-order valence-electron chi connectivity index (χ0n) is 18.3. The third-order valence-electron chi connectivity index (χ3n) is 5.67. The van der Waals surface area contributed by atoms with Crippen molar-refractivity contribution in [2.75, 3.05) is 6.61 Å². The molecule has 1 N–H and O–H groups in total. The number of ketones is 1. The van der Waals surface area contributed by atoms with E-state index in [0.717, 1.165) is 37.5 Å². The van der Waals surface area contributed by atoms with Crippen LogP contribution in [-0.4, -0.2) is 22.5 Å². The Morgan fingerprint density at radius 2 is 1.81 bits per heavy atom. The van der Waals surface area contributed by atoms with E-state index in [0.29, 0.717) is 23.3 Å². The summed E-state index contributed by atoms with van der Waals surface area (Å²) in [6.45, 7) is 2.02. The molecule has 1 atom stereocenters. The molecule has 0 bridgehead atoms. The molecule has 0 radical (unpaired) electrons. The molecule has 3 rings (SSSR count). The van der Waals surface area contributed by atoms with Crippen LogP contribution < -0.4 is 4.74 Å². The van der Waals surface area contributed by atoms with Crippen LogP contribution in [0.25, 0.3) is 10.9 Å². The topological polar surface area (TPSA) is 59.4 Å². The van der Waals surface area contributed by atoms with Crippen LogP contribution in [0.1, 0.15) is 61.4 Å². The van der Waals surface area contributed by atoms with Gasteiger partial charge >= 0.3 is 0 Å². The summed E-state index contributed by atoms with van der Waals surface area (Å²) in [4.78, 5) is 17.0. The van der Waals surface area contributed by atoms with E-state index in [4.69, 9.17) is 4.74 Å². The first-order valence-corrected chi connectivity index (χ1v) is 11.1. The monoisotopic (exact) mass is 441 g/mol. The van der Waals surface area contributed by atoms with Gasteiger partial charge in [0, 0.05) is 30.2 Å². The Morgan fingerprint density at radius 3 is 2.53 bits per heavy atom. The number of halogens is 2. The molecule has 0 fully saturated rings. The minimum absolute atomic E-state index is 0.00586. The fraction of sp³-hybridized carbons (Fsp3) is 0.385. The van der Waals surface area contributed by atoms with Crippen LogP contribution in [0.5, 0.6) is 5.75 Å². The number of hydrogen-bond acceptors (Lipinski definition) is 4. The van der Waals surface area contributed by atoms with Crippen LogP contribution in [0.2, 0.25) is 0 Å². The minimum Gasteiger partial charge on any atom is -0.486 e. The Balaban J connectivity index is 1.65. The number of Topliss-reactive ketones (excluding diaryl/α,β-unsaturated/α-hetero) is 1. The van der Waals surface area contributed by atoms with Crippen LogP contribution in [0, 0.1) is 17.6 Å². The van der Waals surface area contributed by atoms with Gasteiger partial charge in [-0.05, 0) is 49.4 Å². The Hall–Kier alpha value is -2.86. The van der Waals surface area contributed by atoms with E-state index >= 15 is 0 Å². The number of carbonyl (C=O) groups is 1. The third-order valence-corrected chi connectivity index (χ3v) is 5.67. The highest BCUT2D eigenvalue weighted by Gasteiger charge is 2.14. The third kappa shape index (κ3) is 6.10. The molecule has 6 heteroatoms. The average Bonchev–Trinajstić information content (AvgIpc) is 2.80. The predicted octanol–water partition coefficient (Wildman–Crippen LogP) is 6.24. The van der Waals surface area contributed by atoms with Crippen LogP contribution in [0.15, 0.2) is 48.7 Å². The SMILES string of the molecule is CCCCC(CO)CCCC(=O)c1cnc2c(OCc3c(F)cccc3F)cccc2c1. The summed E-state index contributed by atoms with van der Waals surface area (Å²) < 4.78 is 33.4. The molecule has 0 saturated carbocycles. The molecule has 0 aliphatic rings. The van der Waals surface area contributed by atoms with E-state index in [1.807, 2.05) is 6.07 Å². The summed E-state index contributed by atoms with van der Waals surface area (Å²) in [5.74, 6) is -0.679. The Labute approximate surface area is 187 Å². The molecular formula is C26H29F2NO3. The highest BCUT2D eigenvalue weighted by atomic mass is 19.1. The van der Waals surface area contributed by atoms with Crippen molar-refractivity contribution in [2.45, 2.75) is 52.1 Å². The van der Waals surface area contributed by atoms with E-state index in [-0.39, 0.29) is 30.5 Å². The van der Waals surface area contributed by atoms with Crippen molar-refractivity contribution >= 4 is 16.7 Å². The van der Waals surface area contributed by atoms with E-state index in [1.54, 1.807) is 18.2 Å². The van der Waals surface area contributed by atoms with Gasteiger partial charge in [-0.15, -0.1) is 0 Å². The molecule has 2 aromatic carbocycles. The number of ether oxygens (including phenoxy) is 1. The summed E-state index contributed by atoms with van der Waals surface area (Å²) >= 11 is 0. The lowest BCUT2D eigenvalue weighted by molar-refractivity contribution is 0.0974. The lowest BCUT2D eigenvalue weighted by Crippen LogP contribution is -2.08. The van der Waals surface area contributed by atoms with Crippen LogP contribution in [0.3, 0.4) is 0 Å². The molecule has 0 amide bonds. The van der Waals surface area contributed by atoms with E-state index in [2.05, 4.69) is 11.9 Å². The quantitative estimate of drug-likeness (QED) is 0.338. The number of aliphatic hydroxyl groups is 1. The summed E-state index contributed by atoms with van der Waals surface area (Å²) in [7, 11) is 0. The molecule has 1 aromatic heterocycles. The van der Waals surface area contributed by atoms with Gasteiger partial charge in [0.2, 0.25) is 0 Å². The Kier molecular flexibility index (Phi) is 8.68. The lowest BCUT2D eigenvalue weighted by atomic mass is 9.95. The maximum atomic E-state index is 13.9. The molecule has 1 heterocycles. The minimum atomic E-state index is -0.663. The second-order valence-electron chi connectivity index (χ2n) is 8.05. The van der Waals surface area contributed by atoms with Gasteiger partial charge in [-0.2, -0.15) is 0 Å². The van der Waals surface area contributed by atoms with E-state index in [9.17, 15) is 18.7 Å². The molecule has 3 aromatic rings. The first-order valence-electron chi connectivity index (χ1n) is 11.1. The molecule has 0 aliphatic carbocycles. The summed E-state index contributed by atoms with van der Waals surface area (Å²) in [6, 6.07) is 10.7. The van der Waals surface area contributed by atoms with Crippen LogP contribution in [-0.2, 0) is 6.61 Å². The molecule has 0 aliphatic heterocycles. The fourth-order valence-electron chi connectivity index (χ4n) is 3.74. The maximum absolute atomic E-state index is 13.9. The molecule has 170 valence electrons. The van der Waals surface area contributed by atoms with E-state index < -0.39 is 11.6 Å². The van der Waals surface area contributed by atoms with Crippen molar-refractivity contribution in [3.05, 3.63) is 71.4 Å². The van der Waals surface area contributed by atoms with Crippen molar-refractivity contribution in [1.29, 1.82) is 0 Å². The highest BCUT2D eigenvalue weighted by Crippen LogP contribution is 2.26. The molecule has 4 nitrogen and oxygen atoms in total. The Morgan fingerprint density at radius 1 is 1.09 bits per heavy atom. The van der Waals surface area contributed by atoms with Gasteiger partial charge in [-0.3, -0.25) is 9.78 Å². The number of aliphatic hydroxyl groups excluding tert-OH is 1. The van der Waals surface area contributed by atoms with Gasteiger partial charge in [0.15, 0.2) is 5.78 Å². The van der Waals surface area contributed by atoms with Gasteiger partial charge in [-0.25, -0.2) is 8.78 Å². The van der Waals surface area contributed by atoms with Crippen LogP contribution >= 0.6 is 0 Å². The summed E-state index contributed by atoms with van der Waals surface area (Å²) in [5.41, 5.74) is 0.904. The number of rotatable bonds is 12. The largest absolute Gasteiger partial charge is 0.486 e. The van der Waals surface area contributed by atoms with Crippen molar-refractivity contribution < 1.29 is 23.4 Å². The number of carbonyl (C=O) groups excluding carboxylic acids is 1. The zero-order valence-corrected chi connectivity index (χ0v) is 18.3. The zero-order chi connectivity index (χ0) is 22.9. The molecule has 1 unspecified atom stereocenters. The number of pyridine rings is 1. The van der Waals surface area contributed by atoms with Crippen molar-refractivity contribution in [3.8, 4) is 5.75 Å².